The standard InChI is InChI=1S/C15H19N3O2/c1-3-4-12-5-7-13(8-6-12)20-11-15(19)17-14-9-10-16-18(14)2/h5-10H,3-4,11H2,1-2H3,(H,17,19). The Labute approximate surface area is 118 Å². The molecule has 0 saturated carbocycles. The molecule has 0 unspecified atom stereocenters. The van der Waals surface area contributed by atoms with Gasteiger partial charge in [0.15, 0.2) is 6.61 Å². The maximum absolute atomic E-state index is 11.7. The summed E-state index contributed by atoms with van der Waals surface area (Å²) >= 11 is 0. The summed E-state index contributed by atoms with van der Waals surface area (Å²) in [6.07, 6.45) is 3.80. The number of anilines is 1. The van der Waals surface area contributed by atoms with Crippen LogP contribution in [0.3, 0.4) is 0 Å². The van der Waals surface area contributed by atoms with Crippen LogP contribution in [0.5, 0.6) is 5.75 Å². The zero-order chi connectivity index (χ0) is 14.4. The van der Waals surface area contributed by atoms with E-state index in [-0.39, 0.29) is 12.5 Å². The molecule has 20 heavy (non-hydrogen) atoms. The number of nitrogens with one attached hydrogen (secondary N) is 1. The van der Waals surface area contributed by atoms with Crippen LogP contribution in [0.2, 0.25) is 0 Å². The first kappa shape index (κ1) is 14.1. The fourth-order valence-corrected chi connectivity index (χ4v) is 1.87. The van der Waals surface area contributed by atoms with E-state index in [4.69, 9.17) is 4.74 Å². The minimum atomic E-state index is -0.203. The molecule has 0 spiro atoms. The van der Waals surface area contributed by atoms with Gasteiger partial charge in [-0.25, -0.2) is 0 Å². The molecular formula is C15H19N3O2. The summed E-state index contributed by atoms with van der Waals surface area (Å²) in [4.78, 5) is 11.7. The Hall–Kier alpha value is -2.30. The van der Waals surface area contributed by atoms with Gasteiger partial charge in [-0.2, -0.15) is 5.10 Å². The third-order valence-electron chi connectivity index (χ3n) is 2.92. The maximum Gasteiger partial charge on any atom is 0.263 e. The van der Waals surface area contributed by atoms with E-state index >= 15 is 0 Å². The summed E-state index contributed by atoms with van der Waals surface area (Å²) in [6, 6.07) is 9.57. The van der Waals surface area contributed by atoms with Crippen molar-refractivity contribution in [3.8, 4) is 5.75 Å². The number of aryl methyl sites for hydroxylation is 2. The molecule has 0 radical (unpaired) electrons. The van der Waals surface area contributed by atoms with E-state index in [9.17, 15) is 4.79 Å². The molecule has 0 atom stereocenters. The van der Waals surface area contributed by atoms with Crippen molar-refractivity contribution in [3.63, 3.8) is 0 Å². The van der Waals surface area contributed by atoms with Gasteiger partial charge in [0.2, 0.25) is 0 Å². The van der Waals surface area contributed by atoms with Gasteiger partial charge in [0, 0.05) is 13.1 Å². The number of benzene rings is 1. The fraction of sp³-hybridized carbons (Fsp3) is 0.333. The fourth-order valence-electron chi connectivity index (χ4n) is 1.87. The third-order valence-corrected chi connectivity index (χ3v) is 2.92. The molecule has 0 aliphatic heterocycles. The molecular weight excluding hydrogens is 254 g/mol. The summed E-state index contributed by atoms with van der Waals surface area (Å²) in [5.41, 5.74) is 1.28. The molecule has 0 bridgehead atoms. The van der Waals surface area contributed by atoms with E-state index in [0.717, 1.165) is 12.8 Å². The SMILES string of the molecule is CCCc1ccc(OCC(=O)Nc2ccnn2C)cc1. The Morgan fingerprint density at radius 1 is 1.30 bits per heavy atom. The van der Waals surface area contributed by atoms with Crippen molar-refractivity contribution in [2.75, 3.05) is 11.9 Å². The van der Waals surface area contributed by atoms with Crippen LogP contribution in [0.15, 0.2) is 36.5 Å². The predicted octanol–water partition coefficient (Wildman–Crippen LogP) is 2.39. The number of hydrogen-bond donors (Lipinski definition) is 1. The van der Waals surface area contributed by atoms with Crippen molar-refractivity contribution < 1.29 is 9.53 Å². The molecule has 1 aromatic carbocycles. The number of hydrogen-bond acceptors (Lipinski definition) is 3. The number of aromatic nitrogens is 2. The summed E-state index contributed by atoms with van der Waals surface area (Å²) in [6.45, 7) is 2.13. The Morgan fingerprint density at radius 3 is 2.65 bits per heavy atom. The number of carbonyl (C=O) groups excluding carboxylic acids is 1. The van der Waals surface area contributed by atoms with E-state index in [1.807, 2.05) is 24.3 Å². The van der Waals surface area contributed by atoms with Crippen LogP contribution in [0.1, 0.15) is 18.9 Å². The van der Waals surface area contributed by atoms with Gasteiger partial charge in [0.05, 0.1) is 6.20 Å². The molecule has 5 heteroatoms. The van der Waals surface area contributed by atoms with Crippen molar-refractivity contribution >= 4 is 11.7 Å². The average molecular weight is 273 g/mol. The summed E-state index contributed by atoms with van der Waals surface area (Å²) in [5.74, 6) is 1.15. The first-order valence-electron chi connectivity index (χ1n) is 6.68. The van der Waals surface area contributed by atoms with E-state index in [1.165, 1.54) is 5.56 Å². The first-order chi connectivity index (χ1) is 9.69. The van der Waals surface area contributed by atoms with Crippen LogP contribution in [0.4, 0.5) is 5.82 Å². The van der Waals surface area contributed by atoms with E-state index in [0.29, 0.717) is 11.6 Å². The lowest BCUT2D eigenvalue weighted by Crippen LogP contribution is -2.21. The zero-order valence-corrected chi connectivity index (χ0v) is 11.8. The van der Waals surface area contributed by atoms with E-state index < -0.39 is 0 Å². The highest BCUT2D eigenvalue weighted by Gasteiger charge is 2.06. The molecule has 0 saturated heterocycles. The third kappa shape index (κ3) is 3.85. The summed E-state index contributed by atoms with van der Waals surface area (Å²) in [5, 5.41) is 6.70. The number of nitrogens with zero attached hydrogens (tertiary/aromatic N) is 2. The monoisotopic (exact) mass is 273 g/mol. The summed E-state index contributed by atoms with van der Waals surface area (Å²) < 4.78 is 7.04. The molecule has 2 aromatic rings. The van der Waals surface area contributed by atoms with E-state index in [2.05, 4.69) is 17.3 Å². The zero-order valence-electron chi connectivity index (χ0n) is 11.8. The van der Waals surface area contributed by atoms with Gasteiger partial charge in [0.25, 0.3) is 5.91 Å². The number of amides is 1. The van der Waals surface area contributed by atoms with Crippen molar-refractivity contribution in [1.82, 2.24) is 9.78 Å². The molecule has 0 aliphatic carbocycles. The Morgan fingerprint density at radius 2 is 2.05 bits per heavy atom. The Kier molecular flexibility index (Phi) is 4.76. The largest absolute Gasteiger partial charge is 0.484 e. The highest BCUT2D eigenvalue weighted by atomic mass is 16.5. The number of rotatable bonds is 6. The minimum absolute atomic E-state index is 0.0156. The van der Waals surface area contributed by atoms with Gasteiger partial charge in [-0.1, -0.05) is 25.5 Å². The minimum Gasteiger partial charge on any atom is -0.484 e. The molecule has 106 valence electrons. The number of ether oxygens (including phenoxy) is 1. The van der Waals surface area contributed by atoms with Crippen molar-refractivity contribution in [3.05, 3.63) is 42.1 Å². The number of carbonyl (C=O) groups is 1. The van der Waals surface area contributed by atoms with Gasteiger partial charge < -0.3 is 10.1 Å². The topological polar surface area (TPSA) is 56.1 Å². The lowest BCUT2D eigenvalue weighted by Gasteiger charge is -2.08. The molecule has 1 aromatic heterocycles. The second-order valence-corrected chi connectivity index (χ2v) is 4.57. The predicted molar refractivity (Wildman–Crippen MR) is 77.8 cm³/mol. The molecule has 1 amide bonds. The van der Waals surface area contributed by atoms with Crippen molar-refractivity contribution in [2.24, 2.45) is 7.05 Å². The summed E-state index contributed by atoms with van der Waals surface area (Å²) in [7, 11) is 1.77. The first-order valence-corrected chi connectivity index (χ1v) is 6.68. The second-order valence-electron chi connectivity index (χ2n) is 4.57. The highest BCUT2D eigenvalue weighted by Crippen LogP contribution is 2.13. The molecule has 0 fully saturated rings. The molecule has 0 aliphatic rings. The van der Waals surface area contributed by atoms with Crippen LogP contribution >= 0.6 is 0 Å². The Bertz CT molecular complexity index is 561. The quantitative estimate of drug-likeness (QED) is 0.879. The van der Waals surface area contributed by atoms with Gasteiger partial charge in [-0.15, -0.1) is 0 Å². The molecule has 1 heterocycles. The van der Waals surface area contributed by atoms with Crippen LogP contribution in [-0.2, 0) is 18.3 Å². The molecule has 2 rings (SSSR count). The normalized spacial score (nSPS) is 10.3. The Balaban J connectivity index is 1.82. The van der Waals surface area contributed by atoms with Crippen LogP contribution in [0.25, 0.3) is 0 Å². The lowest BCUT2D eigenvalue weighted by molar-refractivity contribution is -0.118. The second kappa shape index (κ2) is 6.75. The van der Waals surface area contributed by atoms with Crippen molar-refractivity contribution in [2.45, 2.75) is 19.8 Å². The maximum atomic E-state index is 11.7. The van der Waals surface area contributed by atoms with E-state index in [1.54, 1.807) is 24.0 Å². The smallest absolute Gasteiger partial charge is 0.263 e. The van der Waals surface area contributed by atoms with Crippen LogP contribution in [-0.4, -0.2) is 22.3 Å². The van der Waals surface area contributed by atoms with Crippen LogP contribution < -0.4 is 10.1 Å². The van der Waals surface area contributed by atoms with Gasteiger partial charge in [-0.05, 0) is 24.1 Å². The van der Waals surface area contributed by atoms with Gasteiger partial charge in [-0.3, -0.25) is 9.48 Å². The van der Waals surface area contributed by atoms with Crippen LogP contribution in [0, 0.1) is 0 Å². The van der Waals surface area contributed by atoms with Gasteiger partial charge in [0.1, 0.15) is 11.6 Å². The molecule has 5 nitrogen and oxygen atoms in total. The van der Waals surface area contributed by atoms with Crippen molar-refractivity contribution in [1.29, 1.82) is 0 Å². The van der Waals surface area contributed by atoms with Gasteiger partial charge >= 0.3 is 0 Å². The lowest BCUT2D eigenvalue weighted by atomic mass is 10.1. The average Bonchev–Trinajstić information content (AvgIpc) is 2.84. The molecule has 1 N–H and O–H groups in total. The highest BCUT2D eigenvalue weighted by molar-refractivity contribution is 5.91.